The highest BCUT2D eigenvalue weighted by atomic mass is 35.5. The van der Waals surface area contributed by atoms with Gasteiger partial charge in [0.1, 0.15) is 11.6 Å². The van der Waals surface area contributed by atoms with E-state index in [-0.39, 0.29) is 11.6 Å². The van der Waals surface area contributed by atoms with Gasteiger partial charge in [-0.05, 0) is 29.8 Å². The molecule has 0 atom stereocenters. The third-order valence-electron chi connectivity index (χ3n) is 4.38. The van der Waals surface area contributed by atoms with E-state index in [0.717, 1.165) is 17.7 Å². The normalized spacial score (nSPS) is 11.0. The zero-order chi connectivity index (χ0) is 23.4. The number of halogens is 4. The van der Waals surface area contributed by atoms with Crippen LogP contribution in [0.25, 0.3) is 11.3 Å². The molecule has 0 bridgehead atoms. The second-order valence-corrected chi connectivity index (χ2v) is 7.63. The Morgan fingerprint density at radius 1 is 0.939 bits per heavy atom. The summed E-state index contributed by atoms with van der Waals surface area (Å²) in [7, 11) is 0. The van der Waals surface area contributed by atoms with Crippen molar-refractivity contribution in [2.45, 2.75) is 0 Å². The predicted octanol–water partition coefficient (Wildman–Crippen LogP) is 6.66. The van der Waals surface area contributed by atoms with Gasteiger partial charge in [-0.15, -0.1) is 0 Å². The Morgan fingerprint density at radius 2 is 1.67 bits per heavy atom. The minimum Gasteiger partial charge on any atom is -0.307 e. The van der Waals surface area contributed by atoms with E-state index >= 15 is 0 Å². The molecule has 2 amide bonds. The molecule has 6 nitrogen and oxygen atoms in total. The summed E-state index contributed by atoms with van der Waals surface area (Å²) in [4.78, 5) is 16.9. The number of benzene rings is 3. The molecule has 0 fully saturated rings. The molecule has 0 spiro atoms. The number of aromatic nitrogens is 2. The molecule has 0 aliphatic rings. The van der Waals surface area contributed by atoms with Crippen LogP contribution in [-0.4, -0.2) is 21.9 Å². The second kappa shape index (κ2) is 9.81. The molecule has 4 aromatic rings. The van der Waals surface area contributed by atoms with Gasteiger partial charge in [0.25, 0.3) is 0 Å². The van der Waals surface area contributed by atoms with Gasteiger partial charge >= 0.3 is 6.03 Å². The fourth-order valence-electron chi connectivity index (χ4n) is 2.90. The van der Waals surface area contributed by atoms with Crippen molar-refractivity contribution in [2.24, 2.45) is 5.10 Å². The lowest BCUT2D eigenvalue weighted by Gasteiger charge is -2.07. The molecular formula is C23H15Cl2F2N5O. The van der Waals surface area contributed by atoms with E-state index in [1.165, 1.54) is 4.68 Å². The first-order chi connectivity index (χ1) is 15.9. The zero-order valence-electron chi connectivity index (χ0n) is 16.8. The number of urea groups is 1. The first-order valence-corrected chi connectivity index (χ1v) is 10.3. The number of anilines is 2. The van der Waals surface area contributed by atoms with Gasteiger partial charge in [-0.2, -0.15) is 5.10 Å². The van der Waals surface area contributed by atoms with Crippen molar-refractivity contribution in [1.29, 1.82) is 0 Å². The van der Waals surface area contributed by atoms with E-state index in [4.69, 9.17) is 23.2 Å². The number of carbonyl (C=O) groups is 1. The number of hydrogen-bond donors (Lipinski definition) is 2. The van der Waals surface area contributed by atoms with Gasteiger partial charge < -0.3 is 5.32 Å². The Labute approximate surface area is 197 Å². The van der Waals surface area contributed by atoms with E-state index in [0.29, 0.717) is 27.4 Å². The average Bonchev–Trinajstić information content (AvgIpc) is 3.16. The number of rotatable bonds is 5. The van der Waals surface area contributed by atoms with E-state index in [1.54, 1.807) is 30.6 Å². The summed E-state index contributed by atoms with van der Waals surface area (Å²) in [6.45, 7) is 0. The van der Waals surface area contributed by atoms with Gasteiger partial charge in [0.15, 0.2) is 0 Å². The summed E-state index contributed by atoms with van der Waals surface area (Å²) >= 11 is 12.1. The molecule has 0 saturated carbocycles. The summed E-state index contributed by atoms with van der Waals surface area (Å²) in [5, 5.41) is 9.99. The topological polar surface area (TPSA) is 71.3 Å². The van der Waals surface area contributed by atoms with Crippen LogP contribution in [0.15, 0.2) is 78.0 Å². The Kier molecular flexibility index (Phi) is 6.67. The molecule has 0 aliphatic heterocycles. The Morgan fingerprint density at radius 3 is 2.36 bits per heavy atom. The molecule has 4 rings (SSSR count). The third kappa shape index (κ3) is 5.74. The minimum atomic E-state index is -0.818. The smallest absolute Gasteiger partial charge is 0.307 e. The maximum absolute atomic E-state index is 13.4. The molecule has 33 heavy (non-hydrogen) atoms. The Hall–Kier alpha value is -3.75. The quantitative estimate of drug-likeness (QED) is 0.310. The molecule has 10 heteroatoms. The van der Waals surface area contributed by atoms with Crippen molar-refractivity contribution in [3.63, 3.8) is 0 Å². The fraction of sp³-hybridized carbons (Fsp3) is 0. The average molecular weight is 486 g/mol. The van der Waals surface area contributed by atoms with E-state index < -0.39 is 17.7 Å². The van der Waals surface area contributed by atoms with Crippen molar-refractivity contribution in [3.8, 4) is 11.3 Å². The maximum atomic E-state index is 13.4. The van der Waals surface area contributed by atoms with Gasteiger partial charge in [0.2, 0.25) is 5.95 Å². The van der Waals surface area contributed by atoms with Crippen LogP contribution in [0.3, 0.4) is 0 Å². The highest BCUT2D eigenvalue weighted by Gasteiger charge is 2.14. The highest BCUT2D eigenvalue weighted by molar-refractivity contribution is 6.42. The van der Waals surface area contributed by atoms with Gasteiger partial charge in [-0.1, -0.05) is 59.6 Å². The van der Waals surface area contributed by atoms with E-state index in [2.05, 4.69) is 20.7 Å². The molecular weight excluding hydrogens is 471 g/mol. The first-order valence-electron chi connectivity index (χ1n) is 9.56. The van der Waals surface area contributed by atoms with Crippen LogP contribution in [0, 0.1) is 11.6 Å². The van der Waals surface area contributed by atoms with Gasteiger partial charge in [-0.3, -0.25) is 5.32 Å². The van der Waals surface area contributed by atoms with Gasteiger partial charge in [0.05, 0.1) is 28.2 Å². The number of carbonyl (C=O) groups excluding carboxylic acids is 1. The first kappa shape index (κ1) is 22.4. The largest absolute Gasteiger partial charge is 0.326 e. The second-order valence-electron chi connectivity index (χ2n) is 6.82. The molecule has 166 valence electrons. The molecule has 1 aromatic heterocycles. The lowest BCUT2D eigenvalue weighted by Crippen LogP contribution is -2.21. The molecule has 1 heterocycles. The molecule has 0 aliphatic carbocycles. The minimum absolute atomic E-state index is 0.0550. The molecule has 0 unspecified atom stereocenters. The monoisotopic (exact) mass is 485 g/mol. The summed E-state index contributed by atoms with van der Waals surface area (Å²) < 4.78 is 28.2. The fourth-order valence-corrected chi connectivity index (χ4v) is 3.19. The van der Waals surface area contributed by atoms with E-state index in [9.17, 15) is 13.6 Å². The molecule has 2 N–H and O–H groups in total. The van der Waals surface area contributed by atoms with E-state index in [1.807, 2.05) is 30.3 Å². The van der Waals surface area contributed by atoms with Crippen LogP contribution in [0.2, 0.25) is 10.0 Å². The standard InChI is InChI=1S/C23H15Cl2F2N5O/c24-19-7-6-15(8-20(19)25)21-13-32(28-12-14-4-2-1-3-5-14)22(30-21)31-23(33)29-18-10-16(26)9-17(27)11-18/h1-13H,(H2,29,30,31,33)/b28-12+. The van der Waals surface area contributed by atoms with Crippen molar-refractivity contribution in [2.75, 3.05) is 10.6 Å². The van der Waals surface area contributed by atoms with Crippen LogP contribution < -0.4 is 10.6 Å². The predicted molar refractivity (Wildman–Crippen MR) is 126 cm³/mol. The number of imidazole rings is 1. The molecule has 0 saturated heterocycles. The van der Waals surface area contributed by atoms with Crippen LogP contribution >= 0.6 is 23.2 Å². The van der Waals surface area contributed by atoms with Crippen LogP contribution in [0.5, 0.6) is 0 Å². The van der Waals surface area contributed by atoms with Gasteiger partial charge in [0, 0.05) is 17.3 Å². The van der Waals surface area contributed by atoms with Crippen LogP contribution in [0.4, 0.5) is 25.2 Å². The van der Waals surface area contributed by atoms with Crippen LogP contribution in [-0.2, 0) is 0 Å². The highest BCUT2D eigenvalue weighted by Crippen LogP contribution is 2.29. The van der Waals surface area contributed by atoms with Gasteiger partial charge in [-0.25, -0.2) is 23.2 Å². The number of amides is 2. The molecule has 3 aromatic carbocycles. The van der Waals surface area contributed by atoms with Crippen molar-refractivity contribution in [1.82, 2.24) is 9.66 Å². The van der Waals surface area contributed by atoms with Crippen molar-refractivity contribution < 1.29 is 13.6 Å². The SMILES string of the molecule is O=C(Nc1cc(F)cc(F)c1)Nc1nc(-c2ccc(Cl)c(Cl)c2)cn1/N=C/c1ccccc1. The number of hydrogen-bond acceptors (Lipinski definition) is 3. The molecule has 0 radical (unpaired) electrons. The summed E-state index contributed by atoms with van der Waals surface area (Å²) in [5.41, 5.74) is 1.88. The van der Waals surface area contributed by atoms with Crippen molar-refractivity contribution in [3.05, 3.63) is 100 Å². The lowest BCUT2D eigenvalue weighted by atomic mass is 10.2. The summed E-state index contributed by atoms with van der Waals surface area (Å²) in [6.07, 6.45) is 3.18. The van der Waals surface area contributed by atoms with Crippen molar-refractivity contribution >= 4 is 47.1 Å². The third-order valence-corrected chi connectivity index (χ3v) is 5.12. The number of nitrogens with zero attached hydrogens (tertiary/aromatic N) is 3. The zero-order valence-corrected chi connectivity index (χ0v) is 18.3. The summed E-state index contributed by atoms with van der Waals surface area (Å²) in [6, 6.07) is 16.2. The lowest BCUT2D eigenvalue weighted by molar-refractivity contribution is 0.262. The maximum Gasteiger partial charge on any atom is 0.326 e. The Balaban J connectivity index is 1.64. The Bertz CT molecular complexity index is 1320. The summed E-state index contributed by atoms with van der Waals surface area (Å²) in [5.74, 6) is -1.57. The van der Waals surface area contributed by atoms with Crippen LogP contribution in [0.1, 0.15) is 5.56 Å². The number of nitrogens with one attached hydrogen (secondary N) is 2.